The molecule has 31 heavy (non-hydrogen) atoms. The summed E-state index contributed by atoms with van der Waals surface area (Å²) < 4.78 is 25.2. The molecule has 0 bridgehead atoms. The van der Waals surface area contributed by atoms with E-state index < -0.39 is 7.80 Å². The van der Waals surface area contributed by atoms with Gasteiger partial charge in [0.25, 0.3) is 0 Å². The number of aryl methyl sites for hydroxylation is 3. The molecule has 1 radical (unpaired) electrons. The van der Waals surface area contributed by atoms with Gasteiger partial charge >= 0.3 is 0 Å². The quantitative estimate of drug-likeness (QED) is 0.246. The summed E-state index contributed by atoms with van der Waals surface area (Å²) in [5.74, 6) is 1.17. The first-order chi connectivity index (χ1) is 14.9. The molecule has 5 heteroatoms. The van der Waals surface area contributed by atoms with Gasteiger partial charge in [-0.15, -0.1) is 0 Å². The first-order valence-corrected chi connectivity index (χ1v) is 12.6. The van der Waals surface area contributed by atoms with Gasteiger partial charge in [-0.25, -0.2) is 0 Å². The Morgan fingerprint density at radius 1 is 0.839 bits per heavy atom. The van der Waals surface area contributed by atoms with Crippen LogP contribution in [0.2, 0.25) is 0 Å². The average Bonchev–Trinajstić information content (AvgIpc) is 2.73. The van der Waals surface area contributed by atoms with Crippen molar-refractivity contribution in [2.75, 3.05) is 13.2 Å². The van der Waals surface area contributed by atoms with Crippen LogP contribution in [-0.2, 0) is 4.57 Å². The van der Waals surface area contributed by atoms with E-state index in [2.05, 4.69) is 13.8 Å². The van der Waals surface area contributed by atoms with Crippen LogP contribution in [0.15, 0.2) is 30.3 Å². The number of benzene rings is 2. The van der Waals surface area contributed by atoms with Crippen LogP contribution < -0.4 is 14.8 Å². The molecular formula is C26H36O4P. The lowest BCUT2D eigenvalue weighted by Gasteiger charge is -2.15. The monoisotopic (exact) mass is 443 g/mol. The smallest absolute Gasteiger partial charge is 0.247 e. The molecule has 0 N–H and O–H groups in total. The molecule has 4 nitrogen and oxygen atoms in total. The minimum absolute atomic E-state index is 0.347. The number of hydrogen-bond acceptors (Lipinski definition) is 4. The van der Waals surface area contributed by atoms with E-state index in [-0.39, 0.29) is 5.52 Å². The predicted octanol–water partition coefficient (Wildman–Crippen LogP) is 7.04. The molecule has 0 aromatic heterocycles. The normalized spacial score (nSPS) is 11.3. The maximum atomic E-state index is 13.3. The first kappa shape index (κ1) is 25.1. The highest BCUT2D eigenvalue weighted by molar-refractivity contribution is 7.71. The molecule has 0 aliphatic carbocycles. The van der Waals surface area contributed by atoms with Gasteiger partial charge in [-0.05, 0) is 56.9 Å². The zero-order valence-corrected chi connectivity index (χ0v) is 20.5. The van der Waals surface area contributed by atoms with Crippen molar-refractivity contribution in [3.05, 3.63) is 52.6 Å². The van der Waals surface area contributed by atoms with E-state index in [1.54, 1.807) is 18.2 Å². The number of carbonyl (C=O) groups is 1. The van der Waals surface area contributed by atoms with Crippen molar-refractivity contribution in [2.24, 2.45) is 0 Å². The third kappa shape index (κ3) is 7.18. The van der Waals surface area contributed by atoms with Crippen molar-refractivity contribution in [1.82, 2.24) is 0 Å². The van der Waals surface area contributed by atoms with Crippen molar-refractivity contribution < 1.29 is 18.8 Å². The van der Waals surface area contributed by atoms with E-state index in [0.29, 0.717) is 35.6 Å². The number of rotatable bonds is 13. The lowest BCUT2D eigenvalue weighted by molar-refractivity contribution is 0.107. The van der Waals surface area contributed by atoms with Crippen LogP contribution in [0.4, 0.5) is 0 Å². The Kier molecular flexibility index (Phi) is 10.2. The van der Waals surface area contributed by atoms with Crippen LogP contribution in [-0.4, -0.2) is 18.7 Å². The number of unbranched alkanes of at least 4 members (excludes halogenated alkanes) is 4. The third-order valence-corrected chi connectivity index (χ3v) is 6.65. The fourth-order valence-electron chi connectivity index (χ4n) is 3.67. The van der Waals surface area contributed by atoms with Crippen LogP contribution in [0.25, 0.3) is 0 Å². The molecule has 0 fully saturated rings. The van der Waals surface area contributed by atoms with Crippen LogP contribution in [0, 0.1) is 20.8 Å². The summed E-state index contributed by atoms with van der Waals surface area (Å²) in [6, 6.07) is 9.20. The van der Waals surface area contributed by atoms with E-state index in [1.807, 2.05) is 32.9 Å². The minimum Gasteiger partial charge on any atom is -0.493 e. The van der Waals surface area contributed by atoms with Gasteiger partial charge in [-0.2, -0.15) is 0 Å². The molecule has 1 unspecified atom stereocenters. The summed E-state index contributed by atoms with van der Waals surface area (Å²) in [4.78, 5) is 13.2. The third-order valence-electron chi connectivity index (χ3n) is 5.25. The molecule has 0 aliphatic heterocycles. The van der Waals surface area contributed by atoms with Gasteiger partial charge < -0.3 is 9.47 Å². The summed E-state index contributed by atoms with van der Waals surface area (Å²) in [5, 5.41) is 0.441. The SMILES string of the molecule is CCCCCOc1ccc([P](=O)C(=O)c2c(C)cc(C)cc2C)c(OCCCCC)c1. The van der Waals surface area contributed by atoms with Crippen LogP contribution in [0.1, 0.15) is 79.4 Å². The first-order valence-electron chi connectivity index (χ1n) is 11.4. The second-order valence-corrected chi connectivity index (χ2v) is 9.59. The Hall–Kier alpha value is -2.19. The molecule has 2 aromatic carbocycles. The lowest BCUT2D eigenvalue weighted by Crippen LogP contribution is -2.12. The van der Waals surface area contributed by atoms with Crippen LogP contribution >= 0.6 is 7.80 Å². The zero-order chi connectivity index (χ0) is 22.8. The molecule has 2 rings (SSSR count). The largest absolute Gasteiger partial charge is 0.493 e. The summed E-state index contributed by atoms with van der Waals surface area (Å²) in [7, 11) is -2.30. The molecule has 169 valence electrons. The number of ether oxygens (including phenoxy) is 2. The van der Waals surface area contributed by atoms with Gasteiger partial charge in [0.15, 0.2) is 7.80 Å². The zero-order valence-electron chi connectivity index (χ0n) is 19.6. The highest BCUT2D eigenvalue weighted by Crippen LogP contribution is 2.35. The highest BCUT2D eigenvalue weighted by Gasteiger charge is 2.25. The summed E-state index contributed by atoms with van der Waals surface area (Å²) in [5.41, 5.74) is 2.99. The number of carbonyl (C=O) groups excluding carboxylic acids is 1. The molecule has 0 saturated carbocycles. The maximum Gasteiger partial charge on any atom is 0.247 e. The van der Waals surface area contributed by atoms with E-state index in [0.717, 1.165) is 55.2 Å². The Morgan fingerprint density at radius 2 is 1.42 bits per heavy atom. The second-order valence-electron chi connectivity index (χ2n) is 8.11. The van der Waals surface area contributed by atoms with E-state index in [1.165, 1.54) is 0 Å². The molecule has 0 saturated heterocycles. The fraction of sp³-hybridized carbons (Fsp3) is 0.500. The summed E-state index contributed by atoms with van der Waals surface area (Å²) >= 11 is 0. The molecular weight excluding hydrogens is 407 g/mol. The van der Waals surface area contributed by atoms with Crippen molar-refractivity contribution >= 4 is 18.6 Å². The van der Waals surface area contributed by atoms with Crippen molar-refractivity contribution in [3.63, 3.8) is 0 Å². The molecule has 0 spiro atoms. The number of hydrogen-bond donors (Lipinski definition) is 0. The molecule has 0 aliphatic rings. The Balaban J connectivity index is 2.29. The Bertz CT molecular complexity index is 881. The summed E-state index contributed by atoms with van der Waals surface area (Å²) in [6.07, 6.45) is 6.32. The Morgan fingerprint density at radius 3 is 2.00 bits per heavy atom. The minimum atomic E-state index is -2.30. The van der Waals surface area contributed by atoms with Gasteiger partial charge in [0, 0.05) is 11.6 Å². The topological polar surface area (TPSA) is 52.6 Å². The Labute approximate surface area is 188 Å². The van der Waals surface area contributed by atoms with Gasteiger partial charge in [0.1, 0.15) is 11.5 Å². The molecule has 1 atom stereocenters. The maximum absolute atomic E-state index is 13.3. The summed E-state index contributed by atoms with van der Waals surface area (Å²) in [6.45, 7) is 11.2. The second kappa shape index (κ2) is 12.6. The lowest BCUT2D eigenvalue weighted by atomic mass is 10.0. The van der Waals surface area contributed by atoms with E-state index in [9.17, 15) is 9.36 Å². The highest BCUT2D eigenvalue weighted by atomic mass is 31.1. The average molecular weight is 444 g/mol. The van der Waals surface area contributed by atoms with Crippen molar-refractivity contribution in [2.45, 2.75) is 73.1 Å². The van der Waals surface area contributed by atoms with Crippen molar-refractivity contribution in [1.29, 1.82) is 0 Å². The van der Waals surface area contributed by atoms with E-state index in [4.69, 9.17) is 9.47 Å². The fourth-order valence-corrected chi connectivity index (χ4v) is 4.99. The van der Waals surface area contributed by atoms with Crippen LogP contribution in [0.3, 0.4) is 0 Å². The van der Waals surface area contributed by atoms with Crippen molar-refractivity contribution in [3.8, 4) is 11.5 Å². The van der Waals surface area contributed by atoms with E-state index >= 15 is 0 Å². The molecule has 2 aromatic rings. The van der Waals surface area contributed by atoms with Crippen LogP contribution in [0.5, 0.6) is 11.5 Å². The molecule has 0 amide bonds. The van der Waals surface area contributed by atoms with Gasteiger partial charge in [-0.3, -0.25) is 9.36 Å². The predicted molar refractivity (Wildman–Crippen MR) is 129 cm³/mol. The van der Waals surface area contributed by atoms with Gasteiger partial charge in [0.05, 0.1) is 18.5 Å². The standard InChI is InChI=1S/C26H36O4P/c1-6-8-10-14-29-22-12-13-24(23(18-22)30-15-11-9-7-2)31(28)26(27)25-20(4)16-19(3)17-21(25)5/h12-13,16-18H,6-11,14-15H2,1-5H3. The van der Waals surface area contributed by atoms with Gasteiger partial charge in [0.2, 0.25) is 5.52 Å². The molecule has 0 heterocycles. The van der Waals surface area contributed by atoms with Gasteiger partial charge in [-0.1, -0.05) is 57.2 Å².